The van der Waals surface area contributed by atoms with E-state index in [2.05, 4.69) is 10.5 Å². The Bertz CT molecular complexity index is 1690. The Morgan fingerprint density at radius 1 is 0.854 bits per heavy atom. The van der Waals surface area contributed by atoms with Gasteiger partial charge >= 0.3 is 5.69 Å². The smallest absolute Gasteiger partial charge is 0.301 e. The van der Waals surface area contributed by atoms with Crippen LogP contribution in [0.2, 0.25) is 0 Å². The number of non-ortho nitro benzene ring substituents is 1. The number of rotatable bonds is 9. The number of nitro benzene ring substituents is 2. The largest absolute Gasteiger partial charge is 0.493 e. The molecule has 1 aliphatic rings. The summed E-state index contributed by atoms with van der Waals surface area (Å²) in [5, 5.41) is 27.1. The van der Waals surface area contributed by atoms with Crippen LogP contribution in [0.25, 0.3) is 5.76 Å². The molecule has 0 saturated carbocycles. The SMILES string of the molecule is COc1ccc(C2=C(C=NNc3ccc([N+](=O)[O-])cc3[N+](=O)[O-])[C@@H](c3ccccc3)c3ccccc3O2)cc1OC. The minimum absolute atomic E-state index is 0.00138. The second kappa shape index (κ2) is 11.6. The van der Waals surface area contributed by atoms with Crippen LogP contribution in [0.15, 0.2) is 102 Å². The number of hydrazone groups is 1. The number of hydrogen-bond acceptors (Lipinski definition) is 9. The number of hydrogen-bond donors (Lipinski definition) is 1. The van der Waals surface area contributed by atoms with E-state index in [1.54, 1.807) is 32.6 Å². The topological polar surface area (TPSA) is 138 Å². The molecule has 0 fully saturated rings. The number of methoxy groups -OCH3 is 2. The number of anilines is 1. The van der Waals surface area contributed by atoms with Crippen molar-refractivity contribution in [1.29, 1.82) is 0 Å². The van der Waals surface area contributed by atoms with Crippen molar-refractivity contribution in [3.8, 4) is 17.2 Å². The van der Waals surface area contributed by atoms with Crippen molar-refractivity contribution < 1.29 is 24.1 Å². The second-order valence-corrected chi connectivity index (χ2v) is 8.92. The monoisotopic (exact) mass is 552 g/mol. The Balaban J connectivity index is 1.66. The second-order valence-electron chi connectivity index (χ2n) is 8.92. The fourth-order valence-corrected chi connectivity index (χ4v) is 4.67. The number of ether oxygens (including phenoxy) is 3. The molecule has 1 N–H and O–H groups in total. The zero-order valence-electron chi connectivity index (χ0n) is 22.0. The van der Waals surface area contributed by atoms with Gasteiger partial charge in [-0.05, 0) is 35.9 Å². The predicted octanol–water partition coefficient (Wildman–Crippen LogP) is 6.55. The van der Waals surface area contributed by atoms with E-state index in [4.69, 9.17) is 14.2 Å². The first-order chi connectivity index (χ1) is 19.9. The van der Waals surface area contributed by atoms with Gasteiger partial charge in [0.1, 0.15) is 17.2 Å². The van der Waals surface area contributed by atoms with Crippen molar-refractivity contribution in [2.75, 3.05) is 19.6 Å². The zero-order chi connectivity index (χ0) is 28.9. The standard InChI is InChI=1S/C30H24N4O7/c1-39-27-15-12-20(16-28(27)40-2)30-23(18-31-32-24-14-13-21(33(35)36)17-25(24)34(37)38)29(19-8-4-3-5-9-19)22-10-6-7-11-26(22)41-30/h3-18,29,32H,1-2H3/t29-/m0/s1. The molecule has 0 bridgehead atoms. The molecule has 5 rings (SSSR count). The van der Waals surface area contributed by atoms with E-state index in [1.807, 2.05) is 60.7 Å². The van der Waals surface area contributed by atoms with Crippen LogP contribution < -0.4 is 19.6 Å². The lowest BCUT2D eigenvalue weighted by Crippen LogP contribution is -2.18. The summed E-state index contributed by atoms with van der Waals surface area (Å²) in [6.07, 6.45) is 1.55. The Hall–Kier alpha value is -5.71. The zero-order valence-corrected chi connectivity index (χ0v) is 22.0. The maximum atomic E-state index is 11.6. The van der Waals surface area contributed by atoms with Crippen LogP contribution in [-0.2, 0) is 0 Å². The summed E-state index contributed by atoms with van der Waals surface area (Å²) in [5.41, 5.74) is 5.06. The van der Waals surface area contributed by atoms with Crippen LogP contribution >= 0.6 is 0 Å². The highest BCUT2D eigenvalue weighted by atomic mass is 16.6. The van der Waals surface area contributed by atoms with Crippen LogP contribution in [0.1, 0.15) is 22.6 Å². The van der Waals surface area contributed by atoms with Gasteiger partial charge in [0.2, 0.25) is 0 Å². The number of fused-ring (bicyclic) bond motifs is 1. The number of nitro groups is 2. The van der Waals surface area contributed by atoms with E-state index in [9.17, 15) is 20.2 Å². The van der Waals surface area contributed by atoms with Crippen LogP contribution in [0.5, 0.6) is 17.2 Å². The summed E-state index contributed by atoms with van der Waals surface area (Å²) >= 11 is 0. The number of benzene rings is 4. The Kier molecular flexibility index (Phi) is 7.59. The maximum absolute atomic E-state index is 11.6. The molecular formula is C30H24N4O7. The van der Waals surface area contributed by atoms with Gasteiger partial charge in [0.05, 0.1) is 36.3 Å². The summed E-state index contributed by atoms with van der Waals surface area (Å²) in [5.74, 6) is 1.92. The fourth-order valence-electron chi connectivity index (χ4n) is 4.67. The average Bonchev–Trinajstić information content (AvgIpc) is 3.00. The lowest BCUT2D eigenvalue weighted by molar-refractivity contribution is -0.393. The van der Waals surface area contributed by atoms with Crippen molar-refractivity contribution in [3.05, 3.63) is 133 Å². The van der Waals surface area contributed by atoms with Gasteiger partial charge in [-0.1, -0.05) is 48.5 Å². The molecular weight excluding hydrogens is 528 g/mol. The van der Waals surface area contributed by atoms with Gasteiger partial charge in [-0.2, -0.15) is 5.10 Å². The minimum atomic E-state index is -0.702. The first-order valence-electron chi connectivity index (χ1n) is 12.4. The lowest BCUT2D eigenvalue weighted by atomic mass is 9.81. The molecule has 41 heavy (non-hydrogen) atoms. The van der Waals surface area contributed by atoms with Crippen LogP contribution in [0.3, 0.4) is 0 Å². The average molecular weight is 553 g/mol. The minimum Gasteiger partial charge on any atom is -0.493 e. The summed E-state index contributed by atoms with van der Waals surface area (Å²) in [6.45, 7) is 0. The van der Waals surface area contributed by atoms with Gasteiger partial charge in [0.25, 0.3) is 5.69 Å². The maximum Gasteiger partial charge on any atom is 0.301 e. The highest BCUT2D eigenvalue weighted by molar-refractivity contribution is 5.94. The quantitative estimate of drug-likeness (QED) is 0.140. The summed E-state index contributed by atoms with van der Waals surface area (Å²) < 4.78 is 17.4. The molecule has 1 atom stereocenters. The molecule has 11 nitrogen and oxygen atoms in total. The van der Waals surface area contributed by atoms with Crippen LogP contribution in [-0.4, -0.2) is 30.3 Å². The summed E-state index contributed by atoms with van der Waals surface area (Å²) in [7, 11) is 3.10. The third-order valence-electron chi connectivity index (χ3n) is 6.57. The summed E-state index contributed by atoms with van der Waals surface area (Å²) in [6, 6.07) is 26.2. The molecule has 11 heteroatoms. The molecule has 206 valence electrons. The number of nitrogens with zero attached hydrogens (tertiary/aromatic N) is 3. The third kappa shape index (κ3) is 5.41. The molecule has 4 aromatic rings. The summed E-state index contributed by atoms with van der Waals surface area (Å²) in [4.78, 5) is 21.4. The van der Waals surface area contributed by atoms with Gasteiger partial charge in [0.15, 0.2) is 11.5 Å². The molecule has 0 amide bonds. The number of allylic oxidation sites excluding steroid dienone is 1. The van der Waals surface area contributed by atoms with Crippen molar-refractivity contribution >= 4 is 29.0 Å². The van der Waals surface area contributed by atoms with E-state index in [0.29, 0.717) is 34.1 Å². The molecule has 0 aliphatic carbocycles. The first kappa shape index (κ1) is 26.9. The Morgan fingerprint density at radius 2 is 1.59 bits per heavy atom. The third-order valence-corrected chi connectivity index (χ3v) is 6.57. The van der Waals surface area contributed by atoms with Crippen molar-refractivity contribution in [1.82, 2.24) is 0 Å². The van der Waals surface area contributed by atoms with Crippen molar-refractivity contribution in [2.24, 2.45) is 5.10 Å². The van der Waals surface area contributed by atoms with Gasteiger partial charge in [-0.25, -0.2) is 0 Å². The number of nitrogens with one attached hydrogen (secondary N) is 1. The van der Waals surface area contributed by atoms with E-state index in [1.165, 1.54) is 12.1 Å². The van der Waals surface area contributed by atoms with Crippen LogP contribution in [0, 0.1) is 20.2 Å². The lowest BCUT2D eigenvalue weighted by Gasteiger charge is -2.30. The Morgan fingerprint density at radius 3 is 2.29 bits per heavy atom. The van der Waals surface area contributed by atoms with E-state index >= 15 is 0 Å². The Labute approximate surface area is 234 Å². The molecule has 0 unspecified atom stereocenters. The van der Waals surface area contributed by atoms with Gasteiger partial charge in [-0.15, -0.1) is 0 Å². The predicted molar refractivity (Wildman–Crippen MR) is 154 cm³/mol. The van der Waals surface area contributed by atoms with Crippen molar-refractivity contribution in [3.63, 3.8) is 0 Å². The van der Waals surface area contributed by atoms with E-state index < -0.39 is 21.2 Å². The molecule has 1 aliphatic heterocycles. The molecule has 1 heterocycles. The fraction of sp³-hybridized carbons (Fsp3) is 0.100. The van der Waals surface area contributed by atoms with E-state index in [-0.39, 0.29) is 11.6 Å². The normalized spacial score (nSPS) is 14.2. The van der Waals surface area contributed by atoms with Crippen molar-refractivity contribution in [2.45, 2.75) is 5.92 Å². The molecule has 0 saturated heterocycles. The highest BCUT2D eigenvalue weighted by Crippen LogP contribution is 2.46. The van der Waals surface area contributed by atoms with Gasteiger partial charge in [0, 0.05) is 28.7 Å². The molecule has 0 spiro atoms. The molecule has 0 radical (unpaired) electrons. The highest BCUT2D eigenvalue weighted by Gasteiger charge is 2.31. The van der Waals surface area contributed by atoms with Gasteiger partial charge in [-0.3, -0.25) is 25.7 Å². The molecule has 0 aromatic heterocycles. The molecule has 4 aromatic carbocycles. The first-order valence-corrected chi connectivity index (χ1v) is 12.4. The van der Waals surface area contributed by atoms with E-state index in [0.717, 1.165) is 17.2 Å². The van der Waals surface area contributed by atoms with Crippen LogP contribution in [0.4, 0.5) is 17.1 Å². The number of para-hydroxylation sites is 1. The van der Waals surface area contributed by atoms with Gasteiger partial charge < -0.3 is 14.2 Å².